The molecule has 4 amide bonds. The van der Waals surface area contributed by atoms with Crippen LogP contribution < -0.4 is 16.0 Å². The molecule has 1 aromatic heterocycles. The lowest BCUT2D eigenvalue weighted by Crippen LogP contribution is -2.50. The molecule has 1 aromatic carbocycles. The van der Waals surface area contributed by atoms with Gasteiger partial charge in [0.1, 0.15) is 10.7 Å². The number of amides is 4. The second-order valence-electron chi connectivity index (χ2n) is 17.3. The number of esters is 1. The minimum absolute atomic E-state index is 0.0107. The van der Waals surface area contributed by atoms with Crippen LogP contribution in [0.2, 0.25) is 0 Å². The summed E-state index contributed by atoms with van der Waals surface area (Å²) in [5.74, 6) is -2.45. The first kappa shape index (κ1) is 53.6. The number of thioether (sulfide) groups is 2. The Labute approximate surface area is 387 Å². The second kappa shape index (κ2) is 26.3. The summed E-state index contributed by atoms with van der Waals surface area (Å²) in [6.45, 7) is 16.1. The van der Waals surface area contributed by atoms with Crippen molar-refractivity contribution < 1.29 is 38.2 Å². The molecule has 0 saturated heterocycles. The molecule has 350 valence electrons. The van der Waals surface area contributed by atoms with Crippen molar-refractivity contribution in [1.82, 2.24) is 30.7 Å². The monoisotopic (exact) mass is 930 g/mol. The Morgan fingerprint density at radius 3 is 2.17 bits per heavy atom. The number of rotatable bonds is 27. The highest BCUT2D eigenvalue weighted by atomic mass is 32.2. The summed E-state index contributed by atoms with van der Waals surface area (Å²) in [7, 11) is 5.46. The summed E-state index contributed by atoms with van der Waals surface area (Å²) in [5.41, 5.74) is 0.403. The summed E-state index contributed by atoms with van der Waals surface area (Å²) < 4.78 is 11.4. The van der Waals surface area contributed by atoms with Crippen LogP contribution in [0.1, 0.15) is 108 Å². The summed E-state index contributed by atoms with van der Waals surface area (Å²) in [6.07, 6.45) is 1.06. The Balaban J connectivity index is 1.69. The number of nitrogens with one attached hydrogen (secondary N) is 3. The van der Waals surface area contributed by atoms with E-state index in [4.69, 9.17) is 9.47 Å². The Bertz CT molecular complexity index is 1860. The van der Waals surface area contributed by atoms with Gasteiger partial charge in [0.25, 0.3) is 11.8 Å². The minimum Gasteiger partial charge on any atom is -0.455 e. The van der Waals surface area contributed by atoms with Crippen LogP contribution >= 0.6 is 34.9 Å². The van der Waals surface area contributed by atoms with Gasteiger partial charge in [-0.1, -0.05) is 71.4 Å². The van der Waals surface area contributed by atoms with E-state index in [1.54, 1.807) is 29.1 Å². The lowest BCUT2D eigenvalue weighted by molar-refractivity contribution is -0.149. The summed E-state index contributed by atoms with van der Waals surface area (Å²) >= 11 is 4.31. The topological polar surface area (TPSA) is 176 Å². The van der Waals surface area contributed by atoms with Gasteiger partial charge in [-0.2, -0.15) is 0 Å². The van der Waals surface area contributed by atoms with Crippen molar-refractivity contribution in [3.8, 4) is 0 Å². The highest BCUT2D eigenvalue weighted by molar-refractivity contribution is 8.22. The molecular formula is C46H70N6O8S3. The molecule has 0 bridgehead atoms. The number of hydrogen-bond acceptors (Lipinski definition) is 13. The SMILES string of the molecule is CC[C@H](C)[C@H](CC(=O)C(C)(C)N(C)C)C(=O)N(C)[C@H](C[C@@H](OC(C)=O)c1nc(C(=O)N[C@@H](Cc2ccccc2)CC(C)C(=O)NCCOCCNC(=O)C2=CSCS2)cs1)C(C)C. The van der Waals surface area contributed by atoms with Gasteiger partial charge in [-0.05, 0) is 63.6 Å². The van der Waals surface area contributed by atoms with Gasteiger partial charge in [0.05, 0.1) is 23.7 Å². The molecule has 0 radical (unpaired) electrons. The number of thiazole rings is 1. The highest BCUT2D eigenvalue weighted by Crippen LogP contribution is 2.34. The number of ketones is 1. The molecule has 6 atom stereocenters. The first-order valence-electron chi connectivity index (χ1n) is 21.8. The maximum Gasteiger partial charge on any atom is 0.303 e. The highest BCUT2D eigenvalue weighted by Gasteiger charge is 2.39. The first-order chi connectivity index (χ1) is 29.8. The van der Waals surface area contributed by atoms with Gasteiger partial charge >= 0.3 is 5.97 Å². The number of Topliss-reactive ketones (excluding diaryl/α,β-unsaturated/α-hetero) is 1. The number of carbonyl (C=O) groups excluding carboxylic acids is 6. The van der Waals surface area contributed by atoms with Gasteiger partial charge in [-0.15, -0.1) is 34.9 Å². The smallest absolute Gasteiger partial charge is 0.303 e. The molecule has 3 rings (SSSR count). The van der Waals surface area contributed by atoms with Crippen molar-refractivity contribution in [3.05, 3.63) is 62.3 Å². The van der Waals surface area contributed by atoms with Crippen LogP contribution in [0.25, 0.3) is 0 Å². The van der Waals surface area contributed by atoms with E-state index < -0.39 is 41.4 Å². The number of hydrogen-bond donors (Lipinski definition) is 3. The number of aromatic nitrogens is 1. The average molecular weight is 931 g/mol. The second-order valence-corrected chi connectivity index (χ2v) is 20.4. The fourth-order valence-electron chi connectivity index (χ4n) is 7.07. The number of ether oxygens (including phenoxy) is 2. The number of likely N-dealkylation sites (N-methyl/N-ethyl adjacent to an activating group) is 1. The summed E-state index contributed by atoms with van der Waals surface area (Å²) in [6, 6.07) is 8.90. The Kier molecular flexibility index (Phi) is 22.3. The average Bonchev–Trinajstić information content (AvgIpc) is 3.97. The molecule has 0 saturated carbocycles. The zero-order valence-corrected chi connectivity index (χ0v) is 41.4. The molecule has 3 N–H and O–H groups in total. The van der Waals surface area contributed by atoms with Crippen LogP contribution in [0.15, 0.2) is 46.0 Å². The number of nitrogens with zero attached hydrogens (tertiary/aromatic N) is 3. The van der Waals surface area contributed by atoms with E-state index >= 15 is 0 Å². The summed E-state index contributed by atoms with van der Waals surface area (Å²) in [4.78, 5) is 88.4. The van der Waals surface area contributed by atoms with E-state index in [0.29, 0.717) is 42.5 Å². The fraction of sp³-hybridized carbons (Fsp3) is 0.630. The number of carbonyl (C=O) groups is 6. The van der Waals surface area contributed by atoms with Crippen molar-refractivity contribution in [2.24, 2.45) is 23.7 Å². The van der Waals surface area contributed by atoms with Gasteiger partial charge in [0, 0.05) is 74.3 Å². The van der Waals surface area contributed by atoms with Gasteiger partial charge < -0.3 is 30.3 Å². The van der Waals surface area contributed by atoms with Crippen molar-refractivity contribution in [2.45, 2.75) is 111 Å². The van der Waals surface area contributed by atoms with Crippen molar-refractivity contribution >= 4 is 70.2 Å². The van der Waals surface area contributed by atoms with Crippen molar-refractivity contribution in [1.29, 1.82) is 0 Å². The molecule has 17 heteroatoms. The molecule has 0 fully saturated rings. The standard InChI is InChI=1S/C46H70N6O8S3/c1-12-30(4)35(24-40(54)46(7,8)51(9)10)45(58)52(11)37(29(2)3)25-38(60-32(6)53)44-50-36(26-62-44)42(56)49-34(23-33-16-14-13-15-17-33)22-31(5)41(55)47-18-20-59-21-19-48-43(57)39-27-61-28-63-39/h13-17,26-27,29-31,34-35,37-38H,12,18-25,28H2,1-11H3,(H,47,55)(H,48,57)(H,49,56)/t30-,31?,34+,35-,37+,38+/m0/s1. The molecule has 2 heterocycles. The molecule has 0 spiro atoms. The van der Waals surface area contributed by atoms with E-state index in [1.165, 1.54) is 30.0 Å². The van der Waals surface area contributed by atoms with Crippen LogP contribution in [0.3, 0.4) is 0 Å². The minimum atomic E-state index is -0.840. The van der Waals surface area contributed by atoms with Gasteiger partial charge in [-0.3, -0.25) is 33.7 Å². The molecule has 2 aromatic rings. The maximum atomic E-state index is 14.3. The molecule has 14 nitrogen and oxygen atoms in total. The predicted octanol–water partition coefficient (Wildman–Crippen LogP) is 6.48. The quantitative estimate of drug-likeness (QED) is 0.0658. The molecule has 63 heavy (non-hydrogen) atoms. The number of benzene rings is 1. The van der Waals surface area contributed by atoms with Crippen LogP contribution in [0.4, 0.5) is 0 Å². The third-order valence-corrected chi connectivity index (χ3v) is 14.9. The van der Waals surface area contributed by atoms with E-state index in [9.17, 15) is 28.8 Å². The van der Waals surface area contributed by atoms with Gasteiger partial charge in [-0.25, -0.2) is 4.98 Å². The van der Waals surface area contributed by atoms with E-state index in [-0.39, 0.29) is 66.5 Å². The molecular weight excluding hydrogens is 861 g/mol. The summed E-state index contributed by atoms with van der Waals surface area (Å²) in [5, 5.41) is 13.6. The molecule has 1 aliphatic rings. The molecule has 1 unspecified atom stereocenters. The first-order valence-corrected chi connectivity index (χ1v) is 24.7. The lowest BCUT2D eigenvalue weighted by atomic mass is 9.81. The molecule has 0 aliphatic carbocycles. The van der Waals surface area contributed by atoms with Gasteiger partial charge in [0.15, 0.2) is 11.9 Å². The fourth-order valence-corrected chi connectivity index (χ4v) is 9.90. The van der Waals surface area contributed by atoms with Crippen molar-refractivity contribution in [3.63, 3.8) is 0 Å². The van der Waals surface area contributed by atoms with E-state index in [2.05, 4.69) is 20.9 Å². The van der Waals surface area contributed by atoms with Crippen LogP contribution in [0, 0.1) is 23.7 Å². The Morgan fingerprint density at radius 1 is 0.921 bits per heavy atom. The van der Waals surface area contributed by atoms with E-state index in [0.717, 1.165) is 17.1 Å². The zero-order valence-electron chi connectivity index (χ0n) is 39.0. The van der Waals surface area contributed by atoms with Crippen LogP contribution in [-0.2, 0) is 39.9 Å². The van der Waals surface area contributed by atoms with Crippen LogP contribution in [-0.4, -0.2) is 120 Å². The van der Waals surface area contributed by atoms with Gasteiger partial charge in [0.2, 0.25) is 11.8 Å². The van der Waals surface area contributed by atoms with E-state index in [1.807, 2.05) is 103 Å². The predicted molar refractivity (Wildman–Crippen MR) is 253 cm³/mol. The Morgan fingerprint density at radius 2 is 1.59 bits per heavy atom. The lowest BCUT2D eigenvalue weighted by Gasteiger charge is -2.38. The Hall–Kier alpha value is -3.77. The van der Waals surface area contributed by atoms with Crippen LogP contribution in [0.5, 0.6) is 0 Å². The normalized spacial score (nSPS) is 15.7. The largest absolute Gasteiger partial charge is 0.455 e. The van der Waals surface area contributed by atoms with Crippen molar-refractivity contribution in [2.75, 3.05) is 52.5 Å². The maximum absolute atomic E-state index is 14.3. The third-order valence-electron chi connectivity index (χ3n) is 11.8. The zero-order chi connectivity index (χ0) is 46.9. The third kappa shape index (κ3) is 16.9. The molecule has 1 aliphatic heterocycles.